The summed E-state index contributed by atoms with van der Waals surface area (Å²) < 4.78 is 8.67. The van der Waals surface area contributed by atoms with Crippen molar-refractivity contribution in [3.63, 3.8) is 0 Å². The van der Waals surface area contributed by atoms with Crippen LogP contribution in [0.3, 0.4) is 0 Å². The van der Waals surface area contributed by atoms with E-state index in [4.69, 9.17) is 4.74 Å². The van der Waals surface area contributed by atoms with Crippen LogP contribution in [0.15, 0.2) is 95.5 Å². The summed E-state index contributed by atoms with van der Waals surface area (Å²) in [4.78, 5) is 0. The third-order valence-electron chi connectivity index (χ3n) is 4.39. The van der Waals surface area contributed by atoms with E-state index in [9.17, 15) is 5.11 Å². The third-order valence-corrected chi connectivity index (χ3v) is 6.75. The van der Waals surface area contributed by atoms with Crippen LogP contribution in [-0.2, 0) is 4.74 Å². The van der Waals surface area contributed by atoms with E-state index < -0.39 is 6.10 Å². The van der Waals surface area contributed by atoms with Gasteiger partial charge in [0.1, 0.15) is 0 Å². The summed E-state index contributed by atoms with van der Waals surface area (Å²) in [5.41, 5.74) is 2.09. The van der Waals surface area contributed by atoms with Gasteiger partial charge in [-0.25, -0.2) is 0 Å². The molecule has 28 heavy (non-hydrogen) atoms. The SMILES string of the molecule is CCO[C@H](C[C@@H](O)c1ccccc1)/C(=C/c1ccccc1)[Se]c1ccccc1. The summed E-state index contributed by atoms with van der Waals surface area (Å²) in [6, 6.07) is 30.7. The molecule has 3 rings (SSSR count). The van der Waals surface area contributed by atoms with E-state index in [0.29, 0.717) is 13.0 Å². The van der Waals surface area contributed by atoms with E-state index in [1.165, 1.54) is 8.93 Å². The van der Waals surface area contributed by atoms with Gasteiger partial charge in [0.05, 0.1) is 0 Å². The van der Waals surface area contributed by atoms with Gasteiger partial charge in [-0.15, -0.1) is 0 Å². The Morgan fingerprint density at radius 3 is 2.07 bits per heavy atom. The molecular formula is C25H26O2Se. The van der Waals surface area contributed by atoms with Crippen LogP contribution in [0, 0.1) is 0 Å². The van der Waals surface area contributed by atoms with Crippen molar-refractivity contribution >= 4 is 25.5 Å². The summed E-state index contributed by atoms with van der Waals surface area (Å²) in [5, 5.41) is 10.8. The number of hydrogen-bond donors (Lipinski definition) is 1. The number of rotatable bonds is 9. The van der Waals surface area contributed by atoms with Crippen LogP contribution in [0.25, 0.3) is 6.08 Å². The fourth-order valence-electron chi connectivity index (χ4n) is 3.01. The Balaban J connectivity index is 1.88. The summed E-state index contributed by atoms with van der Waals surface area (Å²) in [6.07, 6.45) is 2.10. The Kier molecular flexibility index (Phi) is 8.07. The van der Waals surface area contributed by atoms with Crippen molar-refractivity contribution in [2.24, 2.45) is 0 Å². The van der Waals surface area contributed by atoms with Crippen molar-refractivity contribution < 1.29 is 9.84 Å². The standard InChI is InChI=1S/C25H26O2Se/c1-2-27-24(19-23(26)21-14-8-4-9-15-21)25(18-20-12-6-3-7-13-20)28-22-16-10-5-11-17-22/h3-18,23-24,26H,2,19H2,1H3/b25-18-/t23-,24-/m1/s1. The molecule has 0 aliphatic carbocycles. The normalized spacial score (nSPS) is 13.9. The molecule has 144 valence electrons. The first-order valence-corrected chi connectivity index (χ1v) is 11.3. The maximum atomic E-state index is 10.8. The van der Waals surface area contributed by atoms with Gasteiger partial charge in [-0.05, 0) is 0 Å². The monoisotopic (exact) mass is 438 g/mol. The predicted molar refractivity (Wildman–Crippen MR) is 118 cm³/mol. The first-order valence-electron chi connectivity index (χ1n) is 9.60. The zero-order chi connectivity index (χ0) is 19.6. The Bertz CT molecular complexity index is 847. The summed E-state index contributed by atoms with van der Waals surface area (Å²) in [5.74, 6) is 0. The van der Waals surface area contributed by atoms with Crippen molar-refractivity contribution in [2.75, 3.05) is 6.61 Å². The maximum absolute atomic E-state index is 10.8. The van der Waals surface area contributed by atoms with Gasteiger partial charge in [-0.3, -0.25) is 0 Å². The zero-order valence-electron chi connectivity index (χ0n) is 16.1. The molecule has 0 aliphatic rings. The molecule has 3 heteroatoms. The van der Waals surface area contributed by atoms with E-state index in [1.54, 1.807) is 0 Å². The summed E-state index contributed by atoms with van der Waals surface area (Å²) in [7, 11) is 0. The van der Waals surface area contributed by atoms with Gasteiger partial charge in [0.2, 0.25) is 0 Å². The van der Waals surface area contributed by atoms with E-state index >= 15 is 0 Å². The van der Waals surface area contributed by atoms with E-state index in [1.807, 2.05) is 61.5 Å². The van der Waals surface area contributed by atoms with Gasteiger partial charge in [-0.2, -0.15) is 0 Å². The quantitative estimate of drug-likeness (QED) is 0.497. The first-order chi connectivity index (χ1) is 13.8. The number of benzene rings is 3. The number of aliphatic hydroxyl groups excluding tert-OH is 1. The van der Waals surface area contributed by atoms with Crippen molar-refractivity contribution in [1.29, 1.82) is 0 Å². The Labute approximate surface area is 174 Å². The van der Waals surface area contributed by atoms with E-state index in [0.717, 1.165) is 11.1 Å². The van der Waals surface area contributed by atoms with Crippen LogP contribution < -0.4 is 4.46 Å². The Hall–Kier alpha value is -2.16. The van der Waals surface area contributed by atoms with Crippen molar-refractivity contribution in [3.05, 3.63) is 107 Å². The second-order valence-corrected chi connectivity index (χ2v) is 8.89. The van der Waals surface area contributed by atoms with Crippen LogP contribution in [0.4, 0.5) is 0 Å². The number of hydrogen-bond acceptors (Lipinski definition) is 2. The molecule has 3 aromatic carbocycles. The minimum atomic E-state index is -0.552. The van der Waals surface area contributed by atoms with Gasteiger partial charge in [0.25, 0.3) is 0 Å². The predicted octanol–water partition coefficient (Wildman–Crippen LogP) is 4.59. The molecule has 0 spiro atoms. The Morgan fingerprint density at radius 1 is 0.893 bits per heavy atom. The van der Waals surface area contributed by atoms with Gasteiger partial charge in [0, 0.05) is 0 Å². The fraction of sp³-hybridized carbons (Fsp3) is 0.200. The molecule has 0 heterocycles. The number of aliphatic hydroxyl groups is 1. The van der Waals surface area contributed by atoms with Crippen LogP contribution >= 0.6 is 0 Å². The molecule has 2 nitrogen and oxygen atoms in total. The molecule has 2 atom stereocenters. The first kappa shape index (κ1) is 20.6. The Morgan fingerprint density at radius 2 is 1.46 bits per heavy atom. The molecule has 0 bridgehead atoms. The molecule has 0 aromatic heterocycles. The molecule has 0 saturated heterocycles. The molecule has 0 unspecified atom stereocenters. The molecular weight excluding hydrogens is 411 g/mol. The molecule has 3 aromatic rings. The number of ether oxygens (including phenoxy) is 1. The van der Waals surface area contributed by atoms with Crippen molar-refractivity contribution in [3.8, 4) is 0 Å². The summed E-state index contributed by atoms with van der Waals surface area (Å²) >= 11 is 0.118. The molecule has 0 radical (unpaired) electrons. The molecule has 0 amide bonds. The van der Waals surface area contributed by atoms with Crippen molar-refractivity contribution in [2.45, 2.75) is 25.6 Å². The average molecular weight is 437 g/mol. The van der Waals surface area contributed by atoms with Crippen LogP contribution in [0.5, 0.6) is 0 Å². The van der Waals surface area contributed by atoms with E-state index in [-0.39, 0.29) is 21.1 Å². The fourth-order valence-corrected chi connectivity index (χ4v) is 5.22. The third kappa shape index (κ3) is 6.19. The van der Waals surface area contributed by atoms with Crippen LogP contribution in [-0.4, -0.2) is 32.8 Å². The topological polar surface area (TPSA) is 29.5 Å². The van der Waals surface area contributed by atoms with Crippen LogP contribution in [0.2, 0.25) is 0 Å². The van der Waals surface area contributed by atoms with Gasteiger partial charge >= 0.3 is 174 Å². The molecule has 0 fully saturated rings. The van der Waals surface area contributed by atoms with Gasteiger partial charge in [-0.1, -0.05) is 0 Å². The second-order valence-electron chi connectivity index (χ2n) is 6.48. The minimum absolute atomic E-state index is 0.118. The summed E-state index contributed by atoms with van der Waals surface area (Å²) in [6.45, 7) is 2.63. The van der Waals surface area contributed by atoms with Gasteiger partial charge in [0.15, 0.2) is 0 Å². The molecule has 0 saturated carbocycles. The van der Waals surface area contributed by atoms with Crippen molar-refractivity contribution in [1.82, 2.24) is 0 Å². The molecule has 1 N–H and O–H groups in total. The second kappa shape index (κ2) is 11.0. The molecule has 0 aliphatic heterocycles. The average Bonchev–Trinajstić information content (AvgIpc) is 2.75. The van der Waals surface area contributed by atoms with E-state index in [2.05, 4.69) is 42.5 Å². The zero-order valence-corrected chi connectivity index (χ0v) is 17.8. The van der Waals surface area contributed by atoms with Crippen LogP contribution in [0.1, 0.15) is 30.6 Å². The van der Waals surface area contributed by atoms with Gasteiger partial charge < -0.3 is 0 Å².